The van der Waals surface area contributed by atoms with Crippen LogP contribution in [0.25, 0.3) is 88.8 Å². The molecule has 0 unspecified atom stereocenters. The first-order chi connectivity index (χ1) is 31.2. The summed E-state index contributed by atoms with van der Waals surface area (Å²) in [6.45, 7) is 0. The van der Waals surface area contributed by atoms with Crippen molar-refractivity contribution in [1.82, 2.24) is 15.0 Å². The van der Waals surface area contributed by atoms with Crippen molar-refractivity contribution in [2.45, 2.75) is 5.41 Å². The van der Waals surface area contributed by atoms with Gasteiger partial charge < -0.3 is 0 Å². The van der Waals surface area contributed by atoms with E-state index >= 15 is 0 Å². The van der Waals surface area contributed by atoms with Crippen LogP contribution in [0.4, 0.5) is 0 Å². The van der Waals surface area contributed by atoms with Gasteiger partial charge in [-0.05, 0) is 101 Å². The topological polar surface area (TPSA) is 38.7 Å². The Labute approximate surface area is 366 Å². The Morgan fingerprint density at radius 3 is 1.56 bits per heavy atom. The molecule has 0 saturated carbocycles. The zero-order valence-electron chi connectivity index (χ0n) is 34.4. The Bertz CT molecular complexity index is 3430. The molecular formula is C60H39N3. The van der Waals surface area contributed by atoms with E-state index in [2.05, 4.69) is 217 Å². The van der Waals surface area contributed by atoms with Gasteiger partial charge in [-0.1, -0.05) is 200 Å². The first-order valence-electron chi connectivity index (χ1n) is 21.5. The summed E-state index contributed by atoms with van der Waals surface area (Å²) in [4.78, 5) is 14.9. The van der Waals surface area contributed by atoms with Crippen LogP contribution >= 0.6 is 0 Å². The lowest BCUT2D eigenvalue weighted by atomic mass is 9.67. The fraction of sp³-hybridized carbons (Fsp3) is 0.0167. The van der Waals surface area contributed by atoms with Crippen molar-refractivity contribution in [1.29, 1.82) is 0 Å². The van der Waals surface area contributed by atoms with Crippen molar-refractivity contribution in [3.8, 4) is 67.3 Å². The standard InChI is InChI=1S/C60H39N3/c1-4-16-42(17-5-1)56-38-57(43-28-26-40(27-29-43)45-18-14-36-61-39-45)63-59(62-56)52-33-32-48(50-24-12-13-25-51(50)52)44-31-34-54-53(37-44)58-49-23-11-10-15-41(49)30-35-55(58)60(54,46-19-6-2-7-20-46)47-21-8-3-9-22-47/h1-39H. The molecule has 0 atom stereocenters. The quantitative estimate of drug-likeness (QED) is 0.161. The largest absolute Gasteiger partial charge is 0.264 e. The van der Waals surface area contributed by atoms with Crippen LogP contribution in [0.5, 0.6) is 0 Å². The minimum absolute atomic E-state index is 0.487. The number of nitrogens with zero attached hydrogens (tertiary/aromatic N) is 3. The van der Waals surface area contributed by atoms with E-state index in [4.69, 9.17) is 9.97 Å². The molecular weight excluding hydrogens is 763 g/mol. The number of hydrogen-bond acceptors (Lipinski definition) is 3. The lowest BCUT2D eigenvalue weighted by molar-refractivity contribution is 0.769. The molecule has 12 rings (SSSR count). The average molecular weight is 802 g/mol. The van der Waals surface area contributed by atoms with Gasteiger partial charge in [0.1, 0.15) is 0 Å². The Kier molecular flexibility index (Phi) is 8.72. The van der Waals surface area contributed by atoms with Gasteiger partial charge in [0.25, 0.3) is 0 Å². The van der Waals surface area contributed by atoms with Gasteiger partial charge in [-0.2, -0.15) is 0 Å². The van der Waals surface area contributed by atoms with E-state index in [-0.39, 0.29) is 0 Å². The molecule has 0 aliphatic heterocycles. The Hall–Kier alpha value is -8.27. The van der Waals surface area contributed by atoms with E-state index in [0.717, 1.165) is 50.0 Å². The Morgan fingerprint density at radius 1 is 0.333 bits per heavy atom. The maximum absolute atomic E-state index is 5.31. The van der Waals surface area contributed by atoms with E-state index in [1.807, 2.05) is 18.3 Å². The maximum Gasteiger partial charge on any atom is 0.161 e. The summed E-state index contributed by atoms with van der Waals surface area (Å²) < 4.78 is 0. The molecule has 294 valence electrons. The molecule has 1 aliphatic carbocycles. The van der Waals surface area contributed by atoms with Crippen molar-refractivity contribution >= 4 is 21.5 Å². The van der Waals surface area contributed by atoms with Gasteiger partial charge in [0.2, 0.25) is 0 Å². The van der Waals surface area contributed by atoms with Gasteiger partial charge >= 0.3 is 0 Å². The van der Waals surface area contributed by atoms with Crippen LogP contribution in [0.2, 0.25) is 0 Å². The third-order valence-corrected chi connectivity index (χ3v) is 12.9. The number of aromatic nitrogens is 3. The summed E-state index contributed by atoms with van der Waals surface area (Å²) in [5.74, 6) is 0.690. The van der Waals surface area contributed by atoms with Crippen molar-refractivity contribution in [3.63, 3.8) is 0 Å². The summed E-state index contributed by atoms with van der Waals surface area (Å²) in [6, 6.07) is 81.0. The van der Waals surface area contributed by atoms with Crippen molar-refractivity contribution in [2.75, 3.05) is 0 Å². The SMILES string of the molecule is c1ccc(-c2cc(-c3ccc(-c4cccnc4)cc3)nc(-c3ccc(-c4ccc5c(c4)-c4c(ccc6ccccc46)C5(c4ccccc4)c4ccccc4)c4ccccc34)n2)cc1. The summed E-state index contributed by atoms with van der Waals surface area (Å²) in [5, 5.41) is 4.76. The predicted octanol–water partition coefficient (Wildman–Crippen LogP) is 14.9. The third-order valence-electron chi connectivity index (χ3n) is 12.9. The molecule has 2 aromatic heterocycles. The number of fused-ring (bicyclic) bond motifs is 6. The zero-order valence-corrected chi connectivity index (χ0v) is 34.4. The molecule has 0 fully saturated rings. The normalized spacial score (nSPS) is 12.6. The third kappa shape index (κ3) is 6.01. The molecule has 0 radical (unpaired) electrons. The molecule has 3 heteroatoms. The second-order valence-electron chi connectivity index (χ2n) is 16.3. The fourth-order valence-corrected chi connectivity index (χ4v) is 10.0. The molecule has 11 aromatic rings. The van der Waals surface area contributed by atoms with Gasteiger partial charge in [-0.15, -0.1) is 0 Å². The molecule has 0 bridgehead atoms. The van der Waals surface area contributed by atoms with Crippen molar-refractivity contribution in [2.24, 2.45) is 0 Å². The summed E-state index contributed by atoms with van der Waals surface area (Å²) in [7, 11) is 0. The van der Waals surface area contributed by atoms with Gasteiger partial charge in [0, 0.05) is 29.1 Å². The van der Waals surface area contributed by atoms with E-state index in [1.165, 1.54) is 55.3 Å². The van der Waals surface area contributed by atoms with Gasteiger partial charge in [0.15, 0.2) is 5.82 Å². The van der Waals surface area contributed by atoms with Gasteiger partial charge in [-0.3, -0.25) is 4.98 Å². The molecule has 63 heavy (non-hydrogen) atoms. The van der Waals surface area contributed by atoms with Crippen LogP contribution in [-0.4, -0.2) is 15.0 Å². The molecule has 2 heterocycles. The van der Waals surface area contributed by atoms with Crippen LogP contribution in [0.1, 0.15) is 22.3 Å². The first kappa shape index (κ1) is 36.6. The highest BCUT2D eigenvalue weighted by molar-refractivity contribution is 6.07. The van der Waals surface area contributed by atoms with Crippen LogP contribution < -0.4 is 0 Å². The van der Waals surface area contributed by atoms with E-state index in [0.29, 0.717) is 5.82 Å². The lowest BCUT2D eigenvalue weighted by Gasteiger charge is -2.34. The van der Waals surface area contributed by atoms with Gasteiger partial charge in [-0.25, -0.2) is 9.97 Å². The monoisotopic (exact) mass is 801 g/mol. The fourth-order valence-electron chi connectivity index (χ4n) is 10.0. The van der Waals surface area contributed by atoms with Crippen molar-refractivity contribution in [3.05, 3.63) is 259 Å². The number of hydrogen-bond donors (Lipinski definition) is 0. The smallest absolute Gasteiger partial charge is 0.161 e. The zero-order chi connectivity index (χ0) is 41.7. The second kappa shape index (κ2) is 15.0. The first-order valence-corrected chi connectivity index (χ1v) is 21.5. The minimum atomic E-state index is -0.487. The Morgan fingerprint density at radius 2 is 0.873 bits per heavy atom. The molecule has 0 spiro atoms. The average Bonchev–Trinajstić information content (AvgIpc) is 3.68. The summed E-state index contributed by atoms with van der Waals surface area (Å²) in [5.41, 5.74) is 16.5. The number of benzene rings is 9. The highest BCUT2D eigenvalue weighted by atomic mass is 14.9. The summed E-state index contributed by atoms with van der Waals surface area (Å²) >= 11 is 0. The van der Waals surface area contributed by atoms with E-state index in [9.17, 15) is 0 Å². The van der Waals surface area contributed by atoms with E-state index in [1.54, 1.807) is 6.20 Å². The molecule has 0 N–H and O–H groups in total. The molecule has 0 saturated heterocycles. The minimum Gasteiger partial charge on any atom is -0.264 e. The predicted molar refractivity (Wildman–Crippen MR) is 259 cm³/mol. The summed E-state index contributed by atoms with van der Waals surface area (Å²) in [6.07, 6.45) is 3.70. The Balaban J connectivity index is 1.04. The lowest BCUT2D eigenvalue weighted by Crippen LogP contribution is -2.28. The molecule has 0 amide bonds. The second-order valence-corrected chi connectivity index (χ2v) is 16.3. The maximum atomic E-state index is 5.31. The molecule has 9 aromatic carbocycles. The highest BCUT2D eigenvalue weighted by Gasteiger charge is 2.46. The van der Waals surface area contributed by atoms with Crippen LogP contribution in [0.15, 0.2) is 237 Å². The van der Waals surface area contributed by atoms with Crippen LogP contribution in [0.3, 0.4) is 0 Å². The van der Waals surface area contributed by atoms with E-state index < -0.39 is 5.41 Å². The number of rotatable bonds is 7. The molecule has 3 nitrogen and oxygen atoms in total. The highest BCUT2D eigenvalue weighted by Crippen LogP contribution is 2.58. The van der Waals surface area contributed by atoms with Crippen molar-refractivity contribution < 1.29 is 0 Å². The molecule has 1 aliphatic rings. The van der Waals surface area contributed by atoms with Crippen LogP contribution in [-0.2, 0) is 5.41 Å². The number of pyridine rings is 1. The van der Waals surface area contributed by atoms with Gasteiger partial charge in [0.05, 0.1) is 16.8 Å². The van der Waals surface area contributed by atoms with Crippen LogP contribution in [0, 0.1) is 0 Å².